The molecular formula is C18H20N2O5S. The monoisotopic (exact) mass is 376 g/mol. The summed E-state index contributed by atoms with van der Waals surface area (Å²) in [5.41, 5.74) is 0.937. The van der Waals surface area contributed by atoms with Gasteiger partial charge in [-0.05, 0) is 31.2 Å². The Morgan fingerprint density at radius 3 is 2.38 bits per heavy atom. The lowest BCUT2D eigenvalue weighted by Gasteiger charge is -2.29. The molecule has 2 aromatic rings. The number of hydrogen-bond acceptors (Lipinski definition) is 5. The van der Waals surface area contributed by atoms with Crippen LogP contribution in [0.1, 0.15) is 6.92 Å². The fraction of sp³-hybridized carbons (Fsp3) is 0.278. The quantitative estimate of drug-likeness (QED) is 0.865. The summed E-state index contributed by atoms with van der Waals surface area (Å²) in [4.78, 5) is 12.6. The highest BCUT2D eigenvalue weighted by Gasteiger charge is 2.30. The van der Waals surface area contributed by atoms with Gasteiger partial charge >= 0.3 is 0 Å². The Kier molecular flexibility index (Phi) is 5.03. The number of fused-ring (bicyclic) bond motifs is 1. The van der Waals surface area contributed by atoms with Crippen LogP contribution in [0.5, 0.6) is 11.5 Å². The molecule has 1 heterocycles. The number of rotatable bonds is 5. The van der Waals surface area contributed by atoms with Crippen LogP contribution < -0.4 is 19.1 Å². The van der Waals surface area contributed by atoms with E-state index in [1.165, 1.54) is 6.92 Å². The van der Waals surface area contributed by atoms with Gasteiger partial charge < -0.3 is 14.8 Å². The molecule has 1 unspecified atom stereocenters. The lowest BCUT2D eigenvalue weighted by Crippen LogP contribution is -2.45. The minimum atomic E-state index is -3.70. The van der Waals surface area contributed by atoms with Gasteiger partial charge in [-0.15, -0.1) is 0 Å². The van der Waals surface area contributed by atoms with Crippen molar-refractivity contribution in [3.8, 4) is 11.5 Å². The van der Waals surface area contributed by atoms with Crippen LogP contribution in [0.2, 0.25) is 0 Å². The van der Waals surface area contributed by atoms with Crippen molar-refractivity contribution >= 4 is 27.3 Å². The number of hydrogen-bond donors (Lipinski definition) is 1. The molecule has 1 atom stereocenters. The number of sulfonamides is 1. The molecule has 0 fully saturated rings. The summed E-state index contributed by atoms with van der Waals surface area (Å²) in [5.74, 6) is 0.574. The van der Waals surface area contributed by atoms with Crippen LogP contribution in [0.4, 0.5) is 11.4 Å². The summed E-state index contributed by atoms with van der Waals surface area (Å²) in [6.07, 6.45) is 1.07. The van der Waals surface area contributed by atoms with E-state index in [0.29, 0.717) is 36.1 Å². The number of carbonyl (C=O) groups excluding carboxylic acids is 1. The highest BCUT2D eigenvalue weighted by molar-refractivity contribution is 7.92. The standard InChI is InChI=1S/C18H20N2O5S/c1-13(18(21)19-14-6-4-3-5-7-14)20(26(2,22)23)15-8-9-16-17(12-15)25-11-10-24-16/h3-9,12-13H,10-11H2,1-2H3,(H,19,21). The summed E-state index contributed by atoms with van der Waals surface area (Å²) < 4.78 is 36.8. The van der Waals surface area contributed by atoms with E-state index in [2.05, 4.69) is 5.32 Å². The van der Waals surface area contributed by atoms with Gasteiger partial charge in [0.25, 0.3) is 0 Å². The first-order valence-electron chi connectivity index (χ1n) is 8.11. The van der Waals surface area contributed by atoms with E-state index in [1.807, 2.05) is 6.07 Å². The summed E-state index contributed by atoms with van der Waals surface area (Å²) in [5, 5.41) is 2.73. The second-order valence-electron chi connectivity index (χ2n) is 5.92. The van der Waals surface area contributed by atoms with Gasteiger partial charge in [0.1, 0.15) is 19.3 Å². The molecule has 0 saturated carbocycles. The Bertz CT molecular complexity index is 899. The molecule has 3 rings (SSSR count). The Morgan fingerprint density at radius 2 is 1.73 bits per heavy atom. The Labute approximate surface area is 152 Å². The largest absolute Gasteiger partial charge is 0.486 e. The van der Waals surface area contributed by atoms with Crippen molar-refractivity contribution in [1.29, 1.82) is 0 Å². The number of benzene rings is 2. The molecule has 1 N–H and O–H groups in total. The molecule has 0 radical (unpaired) electrons. The Hall–Kier alpha value is -2.74. The lowest BCUT2D eigenvalue weighted by molar-refractivity contribution is -0.116. The van der Waals surface area contributed by atoms with Gasteiger partial charge in [0, 0.05) is 11.8 Å². The smallest absolute Gasteiger partial charge is 0.247 e. The van der Waals surface area contributed by atoms with E-state index in [9.17, 15) is 13.2 Å². The molecule has 0 aromatic heterocycles. The maximum absolute atomic E-state index is 12.6. The predicted molar refractivity (Wildman–Crippen MR) is 99.3 cm³/mol. The number of nitrogens with one attached hydrogen (secondary N) is 1. The fourth-order valence-corrected chi connectivity index (χ4v) is 3.91. The summed E-state index contributed by atoms with van der Waals surface area (Å²) >= 11 is 0. The van der Waals surface area contributed by atoms with Crippen molar-refractivity contribution in [2.75, 3.05) is 29.1 Å². The third-order valence-electron chi connectivity index (χ3n) is 3.91. The third-order valence-corrected chi connectivity index (χ3v) is 5.15. The second-order valence-corrected chi connectivity index (χ2v) is 7.78. The molecule has 8 heteroatoms. The summed E-state index contributed by atoms with van der Waals surface area (Å²) in [7, 11) is -3.70. The normalized spacial score (nSPS) is 14.4. The van der Waals surface area contributed by atoms with Gasteiger partial charge in [0.05, 0.1) is 11.9 Å². The maximum atomic E-state index is 12.6. The van der Waals surface area contributed by atoms with Crippen molar-refractivity contribution in [1.82, 2.24) is 0 Å². The van der Waals surface area contributed by atoms with Crippen LogP contribution in [0.3, 0.4) is 0 Å². The van der Waals surface area contributed by atoms with Crippen LogP contribution in [0, 0.1) is 0 Å². The number of carbonyl (C=O) groups is 1. The number of nitrogens with zero attached hydrogens (tertiary/aromatic N) is 1. The third kappa shape index (κ3) is 3.91. The SMILES string of the molecule is CC(C(=O)Nc1ccccc1)N(c1ccc2c(c1)OCCO2)S(C)(=O)=O. The van der Waals surface area contributed by atoms with Crippen LogP contribution in [-0.4, -0.2) is 39.8 Å². The van der Waals surface area contributed by atoms with E-state index in [1.54, 1.807) is 42.5 Å². The zero-order chi connectivity index (χ0) is 18.7. The van der Waals surface area contributed by atoms with Gasteiger partial charge in [0.2, 0.25) is 15.9 Å². The minimum Gasteiger partial charge on any atom is -0.486 e. The van der Waals surface area contributed by atoms with Crippen molar-refractivity contribution in [3.05, 3.63) is 48.5 Å². The van der Waals surface area contributed by atoms with Crippen LogP contribution in [0.25, 0.3) is 0 Å². The highest BCUT2D eigenvalue weighted by atomic mass is 32.2. The lowest BCUT2D eigenvalue weighted by atomic mass is 10.2. The van der Waals surface area contributed by atoms with Gasteiger partial charge in [-0.25, -0.2) is 8.42 Å². The number of anilines is 2. The topological polar surface area (TPSA) is 84.9 Å². The predicted octanol–water partition coefficient (Wildman–Crippen LogP) is 2.25. The molecule has 0 saturated heterocycles. The average molecular weight is 376 g/mol. The van der Waals surface area contributed by atoms with Crippen molar-refractivity contribution in [3.63, 3.8) is 0 Å². The first-order chi connectivity index (χ1) is 12.4. The second kappa shape index (κ2) is 7.25. The fourth-order valence-electron chi connectivity index (χ4n) is 2.75. The zero-order valence-electron chi connectivity index (χ0n) is 14.5. The number of para-hydroxylation sites is 1. The van der Waals surface area contributed by atoms with Crippen molar-refractivity contribution in [2.45, 2.75) is 13.0 Å². The zero-order valence-corrected chi connectivity index (χ0v) is 15.3. The Morgan fingerprint density at radius 1 is 1.08 bits per heavy atom. The van der Waals surface area contributed by atoms with Gasteiger partial charge in [0.15, 0.2) is 11.5 Å². The summed E-state index contributed by atoms with van der Waals surface area (Å²) in [6, 6.07) is 12.7. The molecular weight excluding hydrogens is 356 g/mol. The minimum absolute atomic E-state index is 0.340. The van der Waals surface area contributed by atoms with Gasteiger partial charge in [-0.2, -0.15) is 0 Å². The van der Waals surface area contributed by atoms with Gasteiger partial charge in [-0.3, -0.25) is 9.10 Å². The molecule has 0 aliphatic carbocycles. The molecule has 2 aromatic carbocycles. The summed E-state index contributed by atoms with van der Waals surface area (Å²) in [6.45, 7) is 2.37. The highest BCUT2D eigenvalue weighted by Crippen LogP contribution is 2.35. The van der Waals surface area contributed by atoms with E-state index >= 15 is 0 Å². The number of amides is 1. The van der Waals surface area contributed by atoms with Crippen LogP contribution >= 0.6 is 0 Å². The van der Waals surface area contributed by atoms with E-state index in [-0.39, 0.29) is 0 Å². The molecule has 1 amide bonds. The molecule has 0 bridgehead atoms. The maximum Gasteiger partial charge on any atom is 0.247 e. The van der Waals surface area contributed by atoms with Gasteiger partial charge in [-0.1, -0.05) is 18.2 Å². The first-order valence-corrected chi connectivity index (χ1v) is 9.96. The first kappa shape index (κ1) is 18.1. The number of ether oxygens (including phenoxy) is 2. The molecule has 7 nitrogen and oxygen atoms in total. The van der Waals surface area contributed by atoms with E-state index in [0.717, 1.165) is 10.6 Å². The molecule has 138 valence electrons. The molecule has 1 aliphatic heterocycles. The molecule has 1 aliphatic rings. The molecule has 26 heavy (non-hydrogen) atoms. The van der Waals surface area contributed by atoms with Crippen LogP contribution in [0.15, 0.2) is 48.5 Å². The van der Waals surface area contributed by atoms with Crippen molar-refractivity contribution in [2.24, 2.45) is 0 Å². The van der Waals surface area contributed by atoms with E-state index < -0.39 is 22.0 Å². The molecule has 0 spiro atoms. The van der Waals surface area contributed by atoms with Crippen molar-refractivity contribution < 1.29 is 22.7 Å². The Balaban J connectivity index is 1.90. The van der Waals surface area contributed by atoms with E-state index in [4.69, 9.17) is 9.47 Å². The van der Waals surface area contributed by atoms with Crippen LogP contribution in [-0.2, 0) is 14.8 Å². The average Bonchev–Trinajstić information content (AvgIpc) is 2.61.